The number of aliphatic hydroxyl groups excluding tert-OH is 1. The van der Waals surface area contributed by atoms with Gasteiger partial charge in [0.15, 0.2) is 0 Å². The largest absolute Gasteiger partial charge is 0.395 e. The first-order valence-electron chi connectivity index (χ1n) is 6.80. The van der Waals surface area contributed by atoms with Crippen LogP contribution in [0.15, 0.2) is 18.3 Å². The average molecular weight is 279 g/mol. The Morgan fingerprint density at radius 1 is 1.47 bits per heavy atom. The van der Waals surface area contributed by atoms with Crippen molar-refractivity contribution < 1.29 is 5.11 Å². The van der Waals surface area contributed by atoms with Gasteiger partial charge in [-0.25, -0.2) is 0 Å². The molecule has 1 saturated carbocycles. The molecule has 0 amide bonds. The number of aromatic nitrogens is 1. The normalized spacial score (nSPS) is 16.1. The topological polar surface area (TPSA) is 62.4 Å². The van der Waals surface area contributed by atoms with Gasteiger partial charge < -0.3 is 10.8 Å². The van der Waals surface area contributed by atoms with Crippen LogP contribution in [0.25, 0.3) is 0 Å². The molecule has 1 aliphatic carbocycles. The molecule has 3 N–H and O–H groups in total. The maximum absolute atomic E-state index is 9.22. The fourth-order valence-electron chi connectivity index (χ4n) is 2.73. The molecule has 0 saturated heterocycles. The van der Waals surface area contributed by atoms with Gasteiger partial charge in [-0.2, -0.15) is 0 Å². The van der Waals surface area contributed by atoms with Crippen LogP contribution in [0.5, 0.6) is 0 Å². The van der Waals surface area contributed by atoms with Crippen LogP contribution in [0.3, 0.4) is 0 Å². The molecular formula is C14H21N3OS. The van der Waals surface area contributed by atoms with E-state index in [9.17, 15) is 5.11 Å². The summed E-state index contributed by atoms with van der Waals surface area (Å²) in [6, 6.07) is 4.52. The molecule has 1 aromatic rings. The summed E-state index contributed by atoms with van der Waals surface area (Å²) in [4.78, 5) is 6.84. The maximum Gasteiger partial charge on any atom is 0.122 e. The number of nitrogens with zero attached hydrogens (tertiary/aromatic N) is 2. The van der Waals surface area contributed by atoms with Gasteiger partial charge in [-0.1, -0.05) is 25.1 Å². The Hall–Kier alpha value is -1.04. The zero-order valence-electron chi connectivity index (χ0n) is 11.1. The van der Waals surface area contributed by atoms with Crippen LogP contribution >= 0.6 is 12.2 Å². The molecule has 5 heteroatoms. The summed E-state index contributed by atoms with van der Waals surface area (Å²) in [7, 11) is 0. The van der Waals surface area contributed by atoms with Crippen molar-refractivity contribution in [1.29, 1.82) is 0 Å². The van der Waals surface area contributed by atoms with E-state index >= 15 is 0 Å². The molecule has 4 nitrogen and oxygen atoms in total. The number of hydrogen-bond acceptors (Lipinski definition) is 4. The van der Waals surface area contributed by atoms with E-state index in [2.05, 4.69) is 9.88 Å². The lowest BCUT2D eigenvalue weighted by Crippen LogP contribution is -2.35. The Balaban J connectivity index is 2.07. The highest BCUT2D eigenvalue weighted by atomic mass is 32.1. The van der Waals surface area contributed by atoms with Crippen molar-refractivity contribution in [2.45, 2.75) is 38.3 Å². The summed E-state index contributed by atoms with van der Waals surface area (Å²) < 4.78 is 0. The van der Waals surface area contributed by atoms with Crippen LogP contribution in [-0.4, -0.2) is 39.2 Å². The van der Waals surface area contributed by atoms with Gasteiger partial charge in [0.1, 0.15) is 4.99 Å². The molecule has 1 fully saturated rings. The number of rotatable bonds is 6. The molecule has 0 atom stereocenters. The van der Waals surface area contributed by atoms with Crippen molar-refractivity contribution >= 4 is 17.2 Å². The summed E-state index contributed by atoms with van der Waals surface area (Å²) >= 11 is 4.96. The van der Waals surface area contributed by atoms with E-state index < -0.39 is 0 Å². The van der Waals surface area contributed by atoms with Gasteiger partial charge in [0.2, 0.25) is 0 Å². The lowest BCUT2D eigenvalue weighted by Gasteiger charge is -2.28. The van der Waals surface area contributed by atoms with Crippen molar-refractivity contribution in [2.24, 2.45) is 5.73 Å². The second-order valence-electron chi connectivity index (χ2n) is 5.05. The van der Waals surface area contributed by atoms with Gasteiger partial charge >= 0.3 is 0 Å². The number of nitrogens with two attached hydrogens (primary N) is 1. The Morgan fingerprint density at radius 2 is 2.21 bits per heavy atom. The smallest absolute Gasteiger partial charge is 0.122 e. The fourth-order valence-corrected chi connectivity index (χ4v) is 2.84. The van der Waals surface area contributed by atoms with E-state index in [1.807, 2.05) is 12.1 Å². The van der Waals surface area contributed by atoms with E-state index in [1.54, 1.807) is 6.20 Å². The fraction of sp³-hybridized carbons (Fsp3) is 0.571. The van der Waals surface area contributed by atoms with Crippen LogP contribution in [0, 0.1) is 0 Å². The third-order valence-electron chi connectivity index (χ3n) is 3.69. The molecule has 0 radical (unpaired) electrons. The van der Waals surface area contributed by atoms with E-state index in [4.69, 9.17) is 18.0 Å². The van der Waals surface area contributed by atoms with Crippen molar-refractivity contribution in [2.75, 3.05) is 13.2 Å². The Kier molecular flexibility index (Phi) is 5.24. The molecule has 0 aromatic carbocycles. The van der Waals surface area contributed by atoms with E-state index in [0.29, 0.717) is 16.7 Å². The second kappa shape index (κ2) is 6.93. The predicted octanol–water partition coefficient (Wildman–Crippen LogP) is 1.45. The Bertz CT molecular complexity index is 432. The zero-order chi connectivity index (χ0) is 13.7. The Morgan fingerprint density at radius 3 is 2.84 bits per heavy atom. The highest BCUT2D eigenvalue weighted by Crippen LogP contribution is 2.24. The highest BCUT2D eigenvalue weighted by Gasteiger charge is 2.22. The van der Waals surface area contributed by atoms with Crippen molar-refractivity contribution in [1.82, 2.24) is 9.88 Å². The molecule has 19 heavy (non-hydrogen) atoms. The number of aliphatic hydroxyl groups is 1. The number of pyridine rings is 1. The van der Waals surface area contributed by atoms with Crippen LogP contribution in [0.4, 0.5) is 0 Å². The van der Waals surface area contributed by atoms with Crippen molar-refractivity contribution in [3.63, 3.8) is 0 Å². The zero-order valence-corrected chi connectivity index (χ0v) is 11.9. The summed E-state index contributed by atoms with van der Waals surface area (Å²) in [5.74, 6) is 0. The molecule has 1 aliphatic rings. The monoisotopic (exact) mass is 279 g/mol. The van der Waals surface area contributed by atoms with Gasteiger partial charge in [0.05, 0.1) is 12.3 Å². The van der Waals surface area contributed by atoms with Gasteiger partial charge in [0.25, 0.3) is 0 Å². The van der Waals surface area contributed by atoms with E-state index in [-0.39, 0.29) is 6.61 Å². The maximum atomic E-state index is 9.22. The molecule has 0 unspecified atom stereocenters. The lowest BCUT2D eigenvalue weighted by molar-refractivity contribution is 0.145. The SMILES string of the molecule is NC(=S)c1cc(CN(CCO)C2CCCC2)ccn1. The second-order valence-corrected chi connectivity index (χ2v) is 5.49. The molecule has 0 spiro atoms. The standard InChI is InChI=1S/C14H21N3OS/c15-14(19)13-9-11(5-6-16-13)10-17(7-8-18)12-3-1-2-4-12/h5-6,9,12,18H,1-4,7-8,10H2,(H2,15,19). The Labute approximate surface area is 119 Å². The first kappa shape index (κ1) is 14.4. The lowest BCUT2D eigenvalue weighted by atomic mass is 10.1. The van der Waals surface area contributed by atoms with Crippen LogP contribution in [-0.2, 0) is 6.54 Å². The number of thiocarbonyl (C=S) groups is 1. The van der Waals surface area contributed by atoms with Gasteiger partial charge in [-0.3, -0.25) is 9.88 Å². The van der Waals surface area contributed by atoms with Gasteiger partial charge in [0, 0.05) is 25.3 Å². The molecule has 0 bridgehead atoms. The summed E-state index contributed by atoms with van der Waals surface area (Å²) in [5, 5.41) is 9.22. The summed E-state index contributed by atoms with van der Waals surface area (Å²) in [6.45, 7) is 1.74. The van der Waals surface area contributed by atoms with E-state index in [1.165, 1.54) is 25.7 Å². The first-order valence-corrected chi connectivity index (χ1v) is 7.21. The minimum absolute atomic E-state index is 0.198. The average Bonchev–Trinajstić information content (AvgIpc) is 2.92. The van der Waals surface area contributed by atoms with Gasteiger partial charge in [-0.15, -0.1) is 0 Å². The summed E-state index contributed by atoms with van der Waals surface area (Å²) in [5.41, 5.74) is 7.43. The molecule has 2 rings (SSSR count). The van der Waals surface area contributed by atoms with Crippen LogP contribution in [0.1, 0.15) is 36.9 Å². The third kappa shape index (κ3) is 3.96. The molecule has 1 aromatic heterocycles. The molecule has 104 valence electrons. The van der Waals surface area contributed by atoms with Crippen LogP contribution < -0.4 is 5.73 Å². The summed E-state index contributed by atoms with van der Waals surface area (Å²) in [6.07, 6.45) is 6.79. The molecule has 0 aliphatic heterocycles. The molecular weight excluding hydrogens is 258 g/mol. The first-order chi connectivity index (χ1) is 9.20. The van der Waals surface area contributed by atoms with Gasteiger partial charge in [-0.05, 0) is 30.5 Å². The highest BCUT2D eigenvalue weighted by molar-refractivity contribution is 7.80. The predicted molar refractivity (Wildman–Crippen MR) is 79.9 cm³/mol. The molecule has 1 heterocycles. The van der Waals surface area contributed by atoms with Crippen molar-refractivity contribution in [3.05, 3.63) is 29.6 Å². The van der Waals surface area contributed by atoms with Crippen LogP contribution in [0.2, 0.25) is 0 Å². The minimum Gasteiger partial charge on any atom is -0.395 e. The van der Waals surface area contributed by atoms with Crippen molar-refractivity contribution in [3.8, 4) is 0 Å². The quantitative estimate of drug-likeness (QED) is 0.772. The van der Waals surface area contributed by atoms with E-state index in [0.717, 1.165) is 18.7 Å². The number of hydrogen-bond donors (Lipinski definition) is 2. The third-order valence-corrected chi connectivity index (χ3v) is 3.90. The minimum atomic E-state index is 0.198.